The van der Waals surface area contributed by atoms with E-state index in [1.165, 1.54) is 0 Å². The molecule has 0 aliphatic rings. The average molecular weight is 273 g/mol. The maximum atomic E-state index is 6.00. The van der Waals surface area contributed by atoms with E-state index in [4.69, 9.17) is 32.7 Å². The molecule has 0 unspecified atom stereocenters. The molecule has 2 aromatic rings. The van der Waals surface area contributed by atoms with Crippen molar-refractivity contribution in [1.82, 2.24) is 9.97 Å². The summed E-state index contributed by atoms with van der Waals surface area (Å²) in [5.74, 6) is 1.11. The fraction of sp³-hybridized carbons (Fsp3) is 0.273. The predicted molar refractivity (Wildman–Crippen MR) is 67.3 cm³/mol. The van der Waals surface area contributed by atoms with Crippen molar-refractivity contribution in [1.29, 1.82) is 0 Å². The molecule has 1 heterocycles. The van der Waals surface area contributed by atoms with E-state index in [0.29, 0.717) is 34.2 Å². The zero-order valence-electron chi connectivity index (χ0n) is 9.33. The van der Waals surface area contributed by atoms with Gasteiger partial charge in [-0.1, -0.05) is 11.6 Å². The standard InChI is InChI=1S/C11H10Cl2N2O2/c1-3-17-9-7(16-2)5-4-6-8(9)14-11(13)15-10(6)12/h4-5H,3H2,1-2H3. The second-order valence-corrected chi connectivity index (χ2v) is 3.91. The van der Waals surface area contributed by atoms with Crippen molar-refractivity contribution in [2.24, 2.45) is 0 Å². The van der Waals surface area contributed by atoms with Crippen LogP contribution in [0.5, 0.6) is 11.5 Å². The molecule has 6 heteroatoms. The maximum Gasteiger partial charge on any atom is 0.224 e. The third-order valence-electron chi connectivity index (χ3n) is 2.22. The van der Waals surface area contributed by atoms with Crippen LogP contribution < -0.4 is 9.47 Å². The zero-order chi connectivity index (χ0) is 12.4. The molecule has 0 aliphatic heterocycles. The molecule has 90 valence electrons. The molecule has 0 N–H and O–H groups in total. The van der Waals surface area contributed by atoms with Gasteiger partial charge in [0, 0.05) is 5.39 Å². The van der Waals surface area contributed by atoms with Gasteiger partial charge in [0.2, 0.25) is 5.28 Å². The Morgan fingerprint density at radius 2 is 2.00 bits per heavy atom. The first-order valence-electron chi connectivity index (χ1n) is 5.00. The van der Waals surface area contributed by atoms with Crippen molar-refractivity contribution in [3.05, 3.63) is 22.6 Å². The molecule has 0 aliphatic carbocycles. The van der Waals surface area contributed by atoms with Crippen molar-refractivity contribution in [2.45, 2.75) is 6.92 Å². The maximum absolute atomic E-state index is 6.00. The molecule has 2 rings (SSSR count). The van der Waals surface area contributed by atoms with E-state index in [0.717, 1.165) is 0 Å². The largest absolute Gasteiger partial charge is 0.493 e. The highest BCUT2D eigenvalue weighted by Crippen LogP contribution is 2.36. The Morgan fingerprint density at radius 1 is 1.24 bits per heavy atom. The molecule has 1 aromatic carbocycles. The minimum absolute atomic E-state index is 0.0803. The number of halogens is 2. The van der Waals surface area contributed by atoms with E-state index in [1.807, 2.05) is 6.92 Å². The minimum atomic E-state index is 0.0803. The Labute approximate surface area is 108 Å². The van der Waals surface area contributed by atoms with Gasteiger partial charge in [-0.25, -0.2) is 9.97 Å². The number of aromatic nitrogens is 2. The summed E-state index contributed by atoms with van der Waals surface area (Å²) in [5, 5.41) is 1.06. The van der Waals surface area contributed by atoms with Gasteiger partial charge < -0.3 is 9.47 Å². The van der Waals surface area contributed by atoms with Gasteiger partial charge in [-0.15, -0.1) is 0 Å². The van der Waals surface area contributed by atoms with Gasteiger partial charge >= 0.3 is 0 Å². The monoisotopic (exact) mass is 272 g/mol. The van der Waals surface area contributed by atoms with E-state index in [2.05, 4.69) is 9.97 Å². The van der Waals surface area contributed by atoms with Crippen LogP contribution in [-0.4, -0.2) is 23.7 Å². The summed E-state index contributed by atoms with van der Waals surface area (Å²) in [6, 6.07) is 3.53. The Hall–Kier alpha value is -1.26. The first-order chi connectivity index (χ1) is 8.17. The molecule has 0 saturated heterocycles. The van der Waals surface area contributed by atoms with E-state index < -0.39 is 0 Å². The van der Waals surface area contributed by atoms with E-state index in [9.17, 15) is 0 Å². The van der Waals surface area contributed by atoms with E-state index in [1.54, 1.807) is 19.2 Å². The SMILES string of the molecule is CCOc1c(OC)ccc2c(Cl)nc(Cl)nc12. The van der Waals surface area contributed by atoms with Gasteiger partial charge in [0.05, 0.1) is 13.7 Å². The molecule has 0 saturated carbocycles. The van der Waals surface area contributed by atoms with E-state index in [-0.39, 0.29) is 5.28 Å². The summed E-state index contributed by atoms with van der Waals surface area (Å²) < 4.78 is 10.7. The van der Waals surface area contributed by atoms with Crippen LogP contribution in [0.25, 0.3) is 10.9 Å². The minimum Gasteiger partial charge on any atom is -0.493 e. The predicted octanol–water partition coefficient (Wildman–Crippen LogP) is 3.34. The molecule has 1 aromatic heterocycles. The first kappa shape index (κ1) is 12.2. The van der Waals surface area contributed by atoms with Crippen LogP contribution in [-0.2, 0) is 0 Å². The molecule has 0 bridgehead atoms. The van der Waals surface area contributed by atoms with Crippen LogP contribution in [0.2, 0.25) is 10.4 Å². The lowest BCUT2D eigenvalue weighted by Gasteiger charge is -2.11. The van der Waals surface area contributed by atoms with Crippen LogP contribution >= 0.6 is 23.2 Å². The third kappa shape index (κ3) is 2.23. The molecule has 0 atom stereocenters. The highest BCUT2D eigenvalue weighted by atomic mass is 35.5. The number of fused-ring (bicyclic) bond motifs is 1. The molecule has 0 spiro atoms. The molecular weight excluding hydrogens is 263 g/mol. The number of hydrogen-bond donors (Lipinski definition) is 0. The highest BCUT2D eigenvalue weighted by molar-refractivity contribution is 6.35. The lowest BCUT2D eigenvalue weighted by atomic mass is 10.2. The highest BCUT2D eigenvalue weighted by Gasteiger charge is 2.14. The zero-order valence-corrected chi connectivity index (χ0v) is 10.8. The Kier molecular flexibility index (Phi) is 3.54. The number of benzene rings is 1. The third-order valence-corrected chi connectivity index (χ3v) is 2.68. The number of methoxy groups -OCH3 is 1. The van der Waals surface area contributed by atoms with Gasteiger partial charge in [-0.2, -0.15) is 0 Å². The fourth-order valence-electron chi connectivity index (χ4n) is 1.53. The molecule has 4 nitrogen and oxygen atoms in total. The molecule has 0 amide bonds. The average Bonchev–Trinajstić information content (AvgIpc) is 2.30. The lowest BCUT2D eigenvalue weighted by Crippen LogP contribution is -1.98. The van der Waals surface area contributed by atoms with Gasteiger partial charge in [-0.3, -0.25) is 0 Å². The Balaban J connectivity index is 2.78. The first-order valence-corrected chi connectivity index (χ1v) is 5.75. The second kappa shape index (κ2) is 4.94. The van der Waals surface area contributed by atoms with Gasteiger partial charge in [-0.05, 0) is 30.7 Å². The normalized spacial score (nSPS) is 10.6. The number of ether oxygens (including phenoxy) is 2. The second-order valence-electron chi connectivity index (χ2n) is 3.21. The number of rotatable bonds is 3. The van der Waals surface area contributed by atoms with Crippen LogP contribution in [0.1, 0.15) is 6.92 Å². The summed E-state index contributed by atoms with van der Waals surface area (Å²) in [6.45, 7) is 2.37. The summed E-state index contributed by atoms with van der Waals surface area (Å²) in [5.41, 5.74) is 0.552. The molecular formula is C11H10Cl2N2O2. The van der Waals surface area contributed by atoms with Crippen molar-refractivity contribution in [3.8, 4) is 11.5 Å². The smallest absolute Gasteiger partial charge is 0.224 e. The van der Waals surface area contributed by atoms with Crippen molar-refractivity contribution in [3.63, 3.8) is 0 Å². The van der Waals surface area contributed by atoms with Gasteiger partial charge in [0.1, 0.15) is 10.7 Å². The topological polar surface area (TPSA) is 44.2 Å². The number of nitrogens with zero attached hydrogens (tertiary/aromatic N) is 2. The molecule has 0 fully saturated rings. The van der Waals surface area contributed by atoms with E-state index >= 15 is 0 Å². The summed E-state index contributed by atoms with van der Waals surface area (Å²) in [7, 11) is 1.56. The van der Waals surface area contributed by atoms with Crippen molar-refractivity contribution < 1.29 is 9.47 Å². The molecule has 17 heavy (non-hydrogen) atoms. The fourth-order valence-corrected chi connectivity index (χ4v) is 1.98. The van der Waals surface area contributed by atoms with Crippen LogP contribution in [0.3, 0.4) is 0 Å². The summed E-state index contributed by atoms with van der Waals surface area (Å²) >= 11 is 11.8. The van der Waals surface area contributed by atoms with Gasteiger partial charge in [0.25, 0.3) is 0 Å². The van der Waals surface area contributed by atoms with Crippen LogP contribution in [0.4, 0.5) is 0 Å². The Bertz CT molecular complexity index is 561. The van der Waals surface area contributed by atoms with Crippen molar-refractivity contribution >= 4 is 34.1 Å². The lowest BCUT2D eigenvalue weighted by molar-refractivity contribution is 0.314. The molecule has 0 radical (unpaired) electrons. The quantitative estimate of drug-likeness (QED) is 0.635. The Morgan fingerprint density at radius 3 is 2.65 bits per heavy atom. The number of hydrogen-bond acceptors (Lipinski definition) is 4. The van der Waals surface area contributed by atoms with Crippen molar-refractivity contribution in [2.75, 3.05) is 13.7 Å². The van der Waals surface area contributed by atoms with Crippen LogP contribution in [0, 0.1) is 0 Å². The van der Waals surface area contributed by atoms with Crippen LogP contribution in [0.15, 0.2) is 12.1 Å². The summed E-state index contributed by atoms with van der Waals surface area (Å²) in [4.78, 5) is 8.01. The summed E-state index contributed by atoms with van der Waals surface area (Å²) in [6.07, 6.45) is 0. The van der Waals surface area contributed by atoms with Gasteiger partial charge in [0.15, 0.2) is 11.5 Å².